The zero-order valence-corrected chi connectivity index (χ0v) is 11.4. The van der Waals surface area contributed by atoms with Gasteiger partial charge in [0.25, 0.3) is 0 Å². The lowest BCUT2D eigenvalue weighted by atomic mass is 10.2. The Labute approximate surface area is 108 Å². The fourth-order valence-corrected chi connectivity index (χ4v) is 2.31. The minimum Gasteiger partial charge on any atom is -0.217 e. The number of hydrogen-bond acceptors (Lipinski definition) is 2. The van der Waals surface area contributed by atoms with Crippen molar-refractivity contribution in [2.45, 2.75) is 19.7 Å². The van der Waals surface area contributed by atoms with Gasteiger partial charge in [0, 0.05) is 10.4 Å². The molecular formula is C11H11BrClN3. The molecule has 1 heterocycles. The monoisotopic (exact) mass is 299 g/mol. The molecule has 1 aromatic carbocycles. The van der Waals surface area contributed by atoms with Crippen molar-refractivity contribution in [3.63, 3.8) is 0 Å². The van der Waals surface area contributed by atoms with E-state index in [1.807, 2.05) is 36.7 Å². The van der Waals surface area contributed by atoms with Crippen molar-refractivity contribution < 1.29 is 0 Å². The van der Waals surface area contributed by atoms with Gasteiger partial charge in [-0.3, -0.25) is 0 Å². The van der Waals surface area contributed by atoms with Gasteiger partial charge in [-0.2, -0.15) is 5.10 Å². The molecule has 0 aliphatic heterocycles. The van der Waals surface area contributed by atoms with E-state index in [9.17, 15) is 0 Å². The summed E-state index contributed by atoms with van der Waals surface area (Å²) in [7, 11) is 0. The second-order valence-corrected chi connectivity index (χ2v) is 4.66. The zero-order chi connectivity index (χ0) is 11.7. The molecule has 0 spiro atoms. The summed E-state index contributed by atoms with van der Waals surface area (Å²) >= 11 is 9.30. The van der Waals surface area contributed by atoms with Crippen molar-refractivity contribution in [3.8, 4) is 5.69 Å². The Morgan fingerprint density at radius 3 is 2.62 bits per heavy atom. The number of alkyl halides is 1. The summed E-state index contributed by atoms with van der Waals surface area (Å²) < 4.78 is 2.79. The lowest BCUT2D eigenvalue weighted by Gasteiger charge is -2.07. The molecule has 0 radical (unpaired) electrons. The van der Waals surface area contributed by atoms with Gasteiger partial charge in [0.15, 0.2) is 0 Å². The third-order valence-electron chi connectivity index (χ3n) is 2.27. The molecule has 0 saturated carbocycles. The first-order chi connectivity index (χ1) is 7.61. The topological polar surface area (TPSA) is 30.7 Å². The van der Waals surface area contributed by atoms with Crippen LogP contribution in [0.1, 0.15) is 17.2 Å². The van der Waals surface area contributed by atoms with Crippen LogP contribution in [0.25, 0.3) is 5.69 Å². The van der Waals surface area contributed by atoms with Gasteiger partial charge in [0.1, 0.15) is 11.6 Å². The van der Waals surface area contributed by atoms with Crippen molar-refractivity contribution in [2.75, 3.05) is 0 Å². The van der Waals surface area contributed by atoms with Crippen LogP contribution in [-0.2, 0) is 5.88 Å². The Balaban J connectivity index is 2.52. The summed E-state index contributed by atoms with van der Waals surface area (Å²) in [4.78, 5) is 4.28. The molecule has 5 heteroatoms. The van der Waals surface area contributed by atoms with Crippen molar-refractivity contribution in [1.82, 2.24) is 14.8 Å². The number of aryl methyl sites for hydroxylation is 2. The van der Waals surface area contributed by atoms with Crippen LogP contribution in [0.3, 0.4) is 0 Å². The number of rotatable bonds is 2. The number of nitrogens with zero attached hydrogens (tertiary/aromatic N) is 3. The van der Waals surface area contributed by atoms with Crippen LogP contribution in [0, 0.1) is 13.8 Å². The van der Waals surface area contributed by atoms with Crippen LogP contribution < -0.4 is 0 Å². The number of aromatic nitrogens is 3. The minimum atomic E-state index is 0.508. The van der Waals surface area contributed by atoms with Crippen LogP contribution in [0.4, 0.5) is 0 Å². The predicted molar refractivity (Wildman–Crippen MR) is 68.1 cm³/mol. The third-order valence-corrected chi connectivity index (χ3v) is 3.21. The SMILES string of the molecule is Cc1nc(C)n(-c2ccc(CCl)cc2Br)n1. The Hall–Kier alpha value is -0.870. The van der Waals surface area contributed by atoms with Crippen molar-refractivity contribution in [3.05, 3.63) is 39.9 Å². The molecule has 16 heavy (non-hydrogen) atoms. The molecule has 1 aromatic heterocycles. The average Bonchev–Trinajstić information content (AvgIpc) is 2.57. The van der Waals surface area contributed by atoms with Crippen molar-refractivity contribution in [2.24, 2.45) is 0 Å². The molecule has 3 nitrogen and oxygen atoms in total. The first-order valence-electron chi connectivity index (χ1n) is 4.87. The first kappa shape index (κ1) is 11.6. The molecule has 0 aliphatic carbocycles. The van der Waals surface area contributed by atoms with Crippen LogP contribution in [0.15, 0.2) is 22.7 Å². The highest BCUT2D eigenvalue weighted by atomic mass is 79.9. The lowest BCUT2D eigenvalue weighted by Crippen LogP contribution is -2.00. The quantitative estimate of drug-likeness (QED) is 0.796. The van der Waals surface area contributed by atoms with E-state index in [0.29, 0.717) is 5.88 Å². The molecule has 0 fully saturated rings. The number of benzene rings is 1. The molecule has 0 unspecified atom stereocenters. The summed E-state index contributed by atoms with van der Waals surface area (Å²) in [5, 5.41) is 4.34. The van der Waals surface area contributed by atoms with E-state index < -0.39 is 0 Å². The van der Waals surface area contributed by atoms with Gasteiger partial charge in [0.05, 0.1) is 5.69 Å². The summed E-state index contributed by atoms with van der Waals surface area (Å²) in [5.74, 6) is 2.15. The van der Waals surface area contributed by atoms with E-state index in [1.165, 1.54) is 0 Å². The highest BCUT2D eigenvalue weighted by Crippen LogP contribution is 2.23. The summed E-state index contributed by atoms with van der Waals surface area (Å²) in [6, 6.07) is 5.98. The molecule has 0 bridgehead atoms. The van der Waals surface area contributed by atoms with E-state index in [4.69, 9.17) is 11.6 Å². The molecule has 84 valence electrons. The van der Waals surface area contributed by atoms with Gasteiger partial charge in [-0.25, -0.2) is 9.67 Å². The van der Waals surface area contributed by atoms with Crippen molar-refractivity contribution >= 4 is 27.5 Å². The predicted octanol–water partition coefficient (Wildman–Crippen LogP) is 3.39. The largest absolute Gasteiger partial charge is 0.217 e. The molecular weight excluding hydrogens is 289 g/mol. The molecule has 2 rings (SSSR count). The lowest BCUT2D eigenvalue weighted by molar-refractivity contribution is 0.827. The molecule has 0 saturated heterocycles. The Morgan fingerprint density at radius 1 is 1.38 bits per heavy atom. The van der Waals surface area contributed by atoms with Gasteiger partial charge in [0.2, 0.25) is 0 Å². The standard InChI is InChI=1S/C11H11BrClN3/c1-7-14-8(2)16(15-7)11-4-3-9(6-13)5-10(11)12/h3-5H,6H2,1-2H3. The second kappa shape index (κ2) is 4.55. The maximum atomic E-state index is 5.78. The Bertz CT molecular complexity index is 522. The molecule has 0 amide bonds. The fourth-order valence-electron chi connectivity index (χ4n) is 1.55. The average molecular weight is 301 g/mol. The van der Waals surface area contributed by atoms with Crippen LogP contribution in [0.5, 0.6) is 0 Å². The number of halogens is 2. The second-order valence-electron chi connectivity index (χ2n) is 3.54. The Kier molecular flexibility index (Phi) is 3.30. The van der Waals surface area contributed by atoms with E-state index >= 15 is 0 Å². The zero-order valence-electron chi connectivity index (χ0n) is 9.04. The number of hydrogen-bond donors (Lipinski definition) is 0. The highest BCUT2D eigenvalue weighted by Gasteiger charge is 2.08. The smallest absolute Gasteiger partial charge is 0.148 e. The Morgan fingerprint density at radius 2 is 2.12 bits per heavy atom. The maximum absolute atomic E-state index is 5.78. The van der Waals surface area contributed by atoms with Crippen LogP contribution in [-0.4, -0.2) is 14.8 Å². The van der Waals surface area contributed by atoms with Gasteiger partial charge < -0.3 is 0 Å². The van der Waals surface area contributed by atoms with E-state index in [-0.39, 0.29) is 0 Å². The molecule has 0 atom stereocenters. The van der Waals surface area contributed by atoms with Gasteiger partial charge >= 0.3 is 0 Å². The van der Waals surface area contributed by atoms with Crippen molar-refractivity contribution in [1.29, 1.82) is 0 Å². The third kappa shape index (κ3) is 2.13. The molecule has 0 N–H and O–H groups in total. The normalized spacial score (nSPS) is 10.8. The van der Waals surface area contributed by atoms with Crippen LogP contribution >= 0.6 is 27.5 Å². The highest BCUT2D eigenvalue weighted by molar-refractivity contribution is 9.10. The van der Waals surface area contributed by atoms with Gasteiger partial charge in [-0.05, 0) is 47.5 Å². The first-order valence-corrected chi connectivity index (χ1v) is 6.19. The van der Waals surface area contributed by atoms with Crippen LogP contribution in [0.2, 0.25) is 0 Å². The van der Waals surface area contributed by atoms with E-state index in [1.54, 1.807) is 0 Å². The molecule has 2 aromatic rings. The van der Waals surface area contributed by atoms with Gasteiger partial charge in [-0.15, -0.1) is 11.6 Å². The minimum absolute atomic E-state index is 0.508. The van der Waals surface area contributed by atoms with Gasteiger partial charge in [-0.1, -0.05) is 6.07 Å². The molecule has 0 aliphatic rings. The van der Waals surface area contributed by atoms with E-state index in [2.05, 4.69) is 26.0 Å². The summed E-state index contributed by atoms with van der Waals surface area (Å²) in [6.45, 7) is 3.81. The van der Waals surface area contributed by atoms with E-state index in [0.717, 1.165) is 27.4 Å². The summed E-state index contributed by atoms with van der Waals surface area (Å²) in [5.41, 5.74) is 2.05. The fraction of sp³-hybridized carbons (Fsp3) is 0.273. The summed E-state index contributed by atoms with van der Waals surface area (Å²) in [6.07, 6.45) is 0. The maximum Gasteiger partial charge on any atom is 0.148 e.